The van der Waals surface area contributed by atoms with Crippen molar-refractivity contribution in [1.29, 1.82) is 0 Å². The number of morpholine rings is 1. The third-order valence-electron chi connectivity index (χ3n) is 4.95. The number of hydrogen-bond donors (Lipinski definition) is 1. The van der Waals surface area contributed by atoms with E-state index >= 15 is 0 Å². The Bertz CT molecular complexity index is 933. The molecule has 1 fully saturated rings. The number of imidazole rings is 1. The highest BCUT2D eigenvalue weighted by Gasteiger charge is 2.27. The number of Topliss-reactive ketones (excluding diaryl/α,β-unsaturated/α-hetero) is 1. The van der Waals surface area contributed by atoms with Crippen LogP contribution < -0.4 is 16.1 Å². The minimum atomic E-state index is -0.523. The maximum atomic E-state index is 12.7. The molecule has 0 aromatic carbocycles. The zero-order chi connectivity index (χ0) is 18.3. The molecular formula is C16H24N5O4+. The van der Waals surface area contributed by atoms with Crippen molar-refractivity contribution >= 4 is 16.9 Å². The molecule has 1 saturated heterocycles. The van der Waals surface area contributed by atoms with Crippen LogP contribution in [0.15, 0.2) is 9.59 Å². The van der Waals surface area contributed by atoms with Crippen molar-refractivity contribution in [3.63, 3.8) is 0 Å². The van der Waals surface area contributed by atoms with E-state index in [-0.39, 0.29) is 5.78 Å². The van der Waals surface area contributed by atoms with Crippen LogP contribution in [0, 0.1) is 0 Å². The molecular weight excluding hydrogens is 326 g/mol. The molecule has 136 valence electrons. The first-order chi connectivity index (χ1) is 11.8. The lowest BCUT2D eigenvalue weighted by Crippen LogP contribution is -3.12. The van der Waals surface area contributed by atoms with Gasteiger partial charge in [0, 0.05) is 14.1 Å². The zero-order valence-corrected chi connectivity index (χ0v) is 15.0. The van der Waals surface area contributed by atoms with Crippen LogP contribution in [-0.2, 0) is 30.2 Å². The Balaban J connectivity index is 2.24. The normalized spacial score (nSPS) is 17.1. The van der Waals surface area contributed by atoms with E-state index in [1.807, 2.05) is 0 Å². The zero-order valence-electron chi connectivity index (χ0n) is 15.0. The summed E-state index contributed by atoms with van der Waals surface area (Å²) in [6, 6.07) is -0.523. The number of quaternary nitrogens is 1. The summed E-state index contributed by atoms with van der Waals surface area (Å²) in [7, 11) is 3.03. The standard InChI is InChI=1S/C16H23N5O4/c1-10(11(2)22)21-12(9-20-5-7-25-8-6-20)17-14-13(21)15(23)19(4)16(24)18(14)3/h10H,5-9H2,1-4H3/p+1/t10-/m1/s1. The van der Waals surface area contributed by atoms with Crippen molar-refractivity contribution in [3.05, 3.63) is 26.7 Å². The number of aromatic nitrogens is 4. The first-order valence-corrected chi connectivity index (χ1v) is 8.41. The van der Waals surface area contributed by atoms with Gasteiger partial charge in [0.25, 0.3) is 5.56 Å². The van der Waals surface area contributed by atoms with Gasteiger partial charge in [0.05, 0.1) is 19.3 Å². The van der Waals surface area contributed by atoms with Crippen molar-refractivity contribution in [3.8, 4) is 0 Å². The average molecular weight is 350 g/mol. The van der Waals surface area contributed by atoms with Gasteiger partial charge in [0.2, 0.25) is 0 Å². The van der Waals surface area contributed by atoms with Crippen LogP contribution in [0.2, 0.25) is 0 Å². The van der Waals surface area contributed by atoms with E-state index in [1.54, 1.807) is 18.5 Å². The van der Waals surface area contributed by atoms with Gasteiger partial charge >= 0.3 is 5.69 Å². The van der Waals surface area contributed by atoms with E-state index < -0.39 is 17.3 Å². The molecule has 25 heavy (non-hydrogen) atoms. The second kappa shape index (κ2) is 6.57. The number of aryl methyl sites for hydroxylation is 1. The van der Waals surface area contributed by atoms with Crippen LogP contribution in [0.4, 0.5) is 0 Å². The maximum Gasteiger partial charge on any atom is 0.332 e. The third kappa shape index (κ3) is 2.93. The second-order valence-electron chi connectivity index (χ2n) is 6.60. The van der Waals surface area contributed by atoms with Crippen LogP contribution >= 0.6 is 0 Å². The lowest BCUT2D eigenvalue weighted by atomic mass is 10.2. The van der Waals surface area contributed by atoms with Gasteiger partial charge in [0.15, 0.2) is 22.8 Å². The van der Waals surface area contributed by atoms with E-state index in [2.05, 4.69) is 4.98 Å². The monoisotopic (exact) mass is 350 g/mol. The van der Waals surface area contributed by atoms with E-state index in [1.165, 1.54) is 23.4 Å². The Morgan fingerprint density at radius 3 is 2.48 bits per heavy atom. The number of carbonyl (C=O) groups is 1. The number of hydrogen-bond acceptors (Lipinski definition) is 5. The summed E-state index contributed by atoms with van der Waals surface area (Å²) in [5.74, 6) is 0.585. The summed E-state index contributed by atoms with van der Waals surface area (Å²) >= 11 is 0. The molecule has 2 aromatic heterocycles. The number of ether oxygens (including phenoxy) is 1. The predicted octanol–water partition coefficient (Wildman–Crippen LogP) is -2.00. The third-order valence-corrected chi connectivity index (χ3v) is 4.95. The van der Waals surface area contributed by atoms with Gasteiger partial charge in [0.1, 0.15) is 19.6 Å². The highest BCUT2D eigenvalue weighted by Crippen LogP contribution is 2.18. The van der Waals surface area contributed by atoms with Gasteiger partial charge in [-0.2, -0.15) is 0 Å². The number of carbonyl (C=O) groups excluding carboxylic acids is 1. The van der Waals surface area contributed by atoms with E-state index in [4.69, 9.17) is 4.74 Å². The molecule has 1 N–H and O–H groups in total. The molecule has 0 aliphatic carbocycles. The Morgan fingerprint density at radius 2 is 1.88 bits per heavy atom. The molecule has 0 spiro atoms. The molecule has 3 rings (SSSR count). The largest absolute Gasteiger partial charge is 0.370 e. The molecule has 1 aliphatic rings. The lowest BCUT2D eigenvalue weighted by Gasteiger charge is -2.24. The molecule has 1 aliphatic heterocycles. The molecule has 9 nitrogen and oxygen atoms in total. The van der Waals surface area contributed by atoms with Gasteiger partial charge in [-0.3, -0.25) is 18.7 Å². The minimum absolute atomic E-state index is 0.0616. The Kier molecular flexibility index (Phi) is 4.61. The van der Waals surface area contributed by atoms with Crippen molar-refractivity contribution < 1.29 is 14.4 Å². The van der Waals surface area contributed by atoms with Crippen LogP contribution in [0.5, 0.6) is 0 Å². The number of rotatable bonds is 4. The molecule has 0 saturated carbocycles. The first kappa shape index (κ1) is 17.6. The smallest absolute Gasteiger partial charge is 0.332 e. The van der Waals surface area contributed by atoms with E-state index in [9.17, 15) is 14.4 Å². The highest BCUT2D eigenvalue weighted by atomic mass is 16.5. The Hall–Kier alpha value is -2.26. The van der Waals surface area contributed by atoms with Crippen LogP contribution in [0.1, 0.15) is 25.7 Å². The molecule has 0 unspecified atom stereocenters. The molecule has 0 radical (unpaired) electrons. The van der Waals surface area contributed by atoms with Crippen molar-refractivity contribution in [2.24, 2.45) is 14.1 Å². The number of nitrogens with one attached hydrogen (secondary N) is 1. The van der Waals surface area contributed by atoms with Gasteiger partial charge < -0.3 is 14.2 Å². The summed E-state index contributed by atoms with van der Waals surface area (Å²) in [4.78, 5) is 42.8. The molecule has 1 atom stereocenters. The lowest BCUT2D eigenvalue weighted by molar-refractivity contribution is -0.922. The van der Waals surface area contributed by atoms with Crippen LogP contribution in [0.3, 0.4) is 0 Å². The van der Waals surface area contributed by atoms with Gasteiger partial charge in [-0.1, -0.05) is 0 Å². The summed E-state index contributed by atoms with van der Waals surface area (Å²) in [5.41, 5.74) is -0.233. The Labute approximate surface area is 144 Å². The summed E-state index contributed by atoms with van der Waals surface area (Å²) < 4.78 is 9.49. The van der Waals surface area contributed by atoms with E-state index in [0.29, 0.717) is 36.7 Å². The predicted molar refractivity (Wildman–Crippen MR) is 90.8 cm³/mol. The van der Waals surface area contributed by atoms with Crippen LogP contribution in [-0.4, -0.2) is 50.8 Å². The summed E-state index contributed by atoms with van der Waals surface area (Å²) in [5, 5.41) is 0. The number of ketones is 1. The second-order valence-corrected chi connectivity index (χ2v) is 6.60. The molecule has 0 bridgehead atoms. The molecule has 2 aromatic rings. The number of fused-ring (bicyclic) bond motifs is 1. The fourth-order valence-electron chi connectivity index (χ4n) is 3.24. The van der Waals surface area contributed by atoms with Gasteiger partial charge in [-0.25, -0.2) is 9.78 Å². The van der Waals surface area contributed by atoms with Crippen molar-refractivity contribution in [1.82, 2.24) is 18.7 Å². The number of nitrogens with zero attached hydrogens (tertiary/aromatic N) is 4. The van der Waals surface area contributed by atoms with Gasteiger partial charge in [-0.05, 0) is 13.8 Å². The fraction of sp³-hybridized carbons (Fsp3) is 0.625. The van der Waals surface area contributed by atoms with Crippen molar-refractivity contribution in [2.75, 3.05) is 26.3 Å². The topological polar surface area (TPSA) is 92.6 Å². The first-order valence-electron chi connectivity index (χ1n) is 8.41. The van der Waals surface area contributed by atoms with Crippen LogP contribution in [0.25, 0.3) is 11.2 Å². The SMILES string of the molecule is CC(=O)[C@@H](C)n1c(C[NH+]2CCOCC2)nc2c1c(=O)n(C)c(=O)n2C. The molecule has 9 heteroatoms. The summed E-state index contributed by atoms with van der Waals surface area (Å²) in [6.45, 7) is 6.87. The Morgan fingerprint density at radius 1 is 1.24 bits per heavy atom. The molecule has 0 amide bonds. The summed E-state index contributed by atoms with van der Waals surface area (Å²) in [6.07, 6.45) is 0. The average Bonchev–Trinajstić information content (AvgIpc) is 2.97. The maximum absolute atomic E-state index is 12.7. The van der Waals surface area contributed by atoms with Gasteiger partial charge in [-0.15, -0.1) is 0 Å². The molecule has 3 heterocycles. The highest BCUT2D eigenvalue weighted by molar-refractivity contribution is 5.82. The van der Waals surface area contributed by atoms with E-state index in [0.717, 1.165) is 17.7 Å². The minimum Gasteiger partial charge on any atom is -0.370 e. The van der Waals surface area contributed by atoms with Crippen molar-refractivity contribution in [2.45, 2.75) is 26.4 Å². The quantitative estimate of drug-likeness (QED) is 0.688. The fourth-order valence-corrected chi connectivity index (χ4v) is 3.24.